The monoisotopic (exact) mass is 342 g/mol. The highest BCUT2D eigenvalue weighted by Crippen LogP contribution is 2.35. The van der Waals surface area contributed by atoms with Crippen LogP contribution in [-0.4, -0.2) is 37.4 Å². The van der Waals surface area contributed by atoms with Crippen molar-refractivity contribution in [2.75, 3.05) is 32.6 Å². The lowest BCUT2D eigenvalue weighted by Crippen LogP contribution is -2.99. The Kier molecular flexibility index (Phi) is 5.30. The number of methoxy groups -OCH3 is 1. The molecule has 0 saturated heterocycles. The predicted octanol–water partition coefficient (Wildman–Crippen LogP) is 1.82. The van der Waals surface area contributed by atoms with Crippen molar-refractivity contribution in [3.8, 4) is 5.75 Å². The zero-order valence-electron chi connectivity index (χ0n) is 14.3. The third-order valence-electron chi connectivity index (χ3n) is 4.14. The van der Waals surface area contributed by atoms with Gasteiger partial charge in [-0.15, -0.1) is 0 Å². The van der Waals surface area contributed by atoms with E-state index in [1.807, 2.05) is 31.3 Å². The van der Waals surface area contributed by atoms with Gasteiger partial charge in [0.2, 0.25) is 0 Å². The summed E-state index contributed by atoms with van der Waals surface area (Å²) in [5.74, 6) is 0.708. The molecule has 132 valence electrons. The molecule has 0 saturated carbocycles. The van der Waals surface area contributed by atoms with Crippen LogP contribution in [0.4, 0.5) is 11.4 Å². The second kappa shape index (κ2) is 7.62. The largest absolute Gasteiger partial charge is 0.595 e. The van der Waals surface area contributed by atoms with Gasteiger partial charge in [-0.25, -0.2) is 10.2 Å². The zero-order valence-corrected chi connectivity index (χ0v) is 14.3. The van der Waals surface area contributed by atoms with Crippen molar-refractivity contribution < 1.29 is 15.2 Å². The highest BCUT2D eigenvalue weighted by molar-refractivity contribution is 6.11. The SMILES string of the molecule is CNCCCNc1c2cc(OC)ccc2nc2cccc([NH+]([O-])O)c12. The summed E-state index contributed by atoms with van der Waals surface area (Å²) in [6, 6.07) is 10.8. The fraction of sp³-hybridized carbons (Fsp3) is 0.278. The van der Waals surface area contributed by atoms with Crippen LogP contribution in [0, 0.1) is 5.21 Å². The van der Waals surface area contributed by atoms with Crippen LogP contribution in [-0.2, 0) is 0 Å². The van der Waals surface area contributed by atoms with E-state index in [1.54, 1.807) is 19.2 Å². The number of nitrogens with zero attached hydrogens (tertiary/aromatic N) is 1. The first kappa shape index (κ1) is 17.4. The zero-order chi connectivity index (χ0) is 17.8. The van der Waals surface area contributed by atoms with Crippen molar-refractivity contribution in [1.82, 2.24) is 10.3 Å². The minimum atomic E-state index is -0.965. The van der Waals surface area contributed by atoms with E-state index < -0.39 is 5.23 Å². The molecular weight excluding hydrogens is 320 g/mol. The quantitative estimate of drug-likeness (QED) is 0.297. The highest BCUT2D eigenvalue weighted by atomic mass is 16.8. The summed E-state index contributed by atoms with van der Waals surface area (Å²) in [4.78, 5) is 4.63. The van der Waals surface area contributed by atoms with Gasteiger partial charge < -0.3 is 20.6 Å². The number of hydrogen-bond acceptors (Lipinski definition) is 6. The lowest BCUT2D eigenvalue weighted by atomic mass is 10.1. The molecule has 1 atom stereocenters. The van der Waals surface area contributed by atoms with E-state index in [2.05, 4.69) is 15.6 Å². The summed E-state index contributed by atoms with van der Waals surface area (Å²) in [6.45, 7) is 1.60. The third-order valence-corrected chi connectivity index (χ3v) is 4.14. The van der Waals surface area contributed by atoms with Gasteiger partial charge in [-0.1, -0.05) is 6.07 Å². The summed E-state index contributed by atoms with van der Waals surface area (Å²) in [5, 5.41) is 28.3. The Morgan fingerprint density at radius 1 is 1.20 bits per heavy atom. The van der Waals surface area contributed by atoms with E-state index in [0.29, 0.717) is 16.7 Å². The van der Waals surface area contributed by atoms with Crippen molar-refractivity contribution in [2.45, 2.75) is 6.42 Å². The Labute approximate surface area is 145 Å². The van der Waals surface area contributed by atoms with Crippen LogP contribution in [0.25, 0.3) is 21.8 Å². The number of benzene rings is 2. The molecule has 3 aromatic rings. The lowest BCUT2D eigenvalue weighted by Gasteiger charge is -2.18. The first-order valence-electron chi connectivity index (χ1n) is 8.18. The summed E-state index contributed by atoms with van der Waals surface area (Å²) in [6.07, 6.45) is 0.918. The van der Waals surface area contributed by atoms with Gasteiger partial charge in [-0.3, -0.25) is 0 Å². The number of aromatic nitrogens is 1. The maximum absolute atomic E-state index is 11.7. The molecule has 25 heavy (non-hydrogen) atoms. The van der Waals surface area contributed by atoms with Gasteiger partial charge in [-0.05, 0) is 44.3 Å². The highest BCUT2D eigenvalue weighted by Gasteiger charge is 2.16. The second-order valence-electron chi connectivity index (χ2n) is 5.76. The van der Waals surface area contributed by atoms with Crippen LogP contribution in [0.3, 0.4) is 0 Å². The molecule has 0 bridgehead atoms. The van der Waals surface area contributed by atoms with Crippen LogP contribution in [0.2, 0.25) is 0 Å². The van der Waals surface area contributed by atoms with Gasteiger partial charge in [0, 0.05) is 18.0 Å². The summed E-state index contributed by atoms with van der Waals surface area (Å²) in [5.41, 5.74) is 2.49. The number of anilines is 1. The molecular formula is C18H22N4O3. The Morgan fingerprint density at radius 2 is 2.04 bits per heavy atom. The standard InChI is InChI=1S/C18H22N4O3/c1-19-9-4-10-20-18-13-11-12(25-2)7-8-14(13)21-15-5-3-6-16(17(15)18)22(23)24/h3,5-8,11,19,22-23H,4,9-10H2,1-2H3,(H,20,21). The molecule has 1 aromatic heterocycles. The van der Waals surface area contributed by atoms with Gasteiger partial charge in [0.1, 0.15) is 5.75 Å². The first-order valence-corrected chi connectivity index (χ1v) is 8.18. The molecule has 0 amide bonds. The molecule has 1 unspecified atom stereocenters. The van der Waals surface area contributed by atoms with Gasteiger partial charge in [0.25, 0.3) is 0 Å². The molecule has 1 heterocycles. The summed E-state index contributed by atoms with van der Waals surface area (Å²) < 4.78 is 5.33. The molecule has 0 aliphatic rings. The summed E-state index contributed by atoms with van der Waals surface area (Å²) in [7, 11) is 3.52. The number of rotatable bonds is 7. The number of quaternary nitrogens is 1. The molecule has 7 heteroatoms. The van der Waals surface area contributed by atoms with Crippen molar-refractivity contribution in [3.63, 3.8) is 0 Å². The van der Waals surface area contributed by atoms with E-state index >= 15 is 0 Å². The predicted molar refractivity (Wildman–Crippen MR) is 98.6 cm³/mol. The van der Waals surface area contributed by atoms with E-state index in [9.17, 15) is 10.4 Å². The van der Waals surface area contributed by atoms with Crippen molar-refractivity contribution in [1.29, 1.82) is 0 Å². The molecule has 0 fully saturated rings. The molecule has 0 aliphatic carbocycles. The van der Waals surface area contributed by atoms with Crippen LogP contribution in [0.5, 0.6) is 5.75 Å². The molecule has 7 nitrogen and oxygen atoms in total. The fourth-order valence-corrected chi connectivity index (χ4v) is 2.94. The normalized spacial score (nSPS) is 12.5. The third kappa shape index (κ3) is 3.49. The van der Waals surface area contributed by atoms with Gasteiger partial charge in [0.05, 0.1) is 29.2 Å². The first-order chi connectivity index (χ1) is 12.2. The Bertz CT molecular complexity index is 883. The maximum Gasteiger partial charge on any atom is 0.175 e. The van der Waals surface area contributed by atoms with E-state index in [1.165, 1.54) is 0 Å². The second-order valence-corrected chi connectivity index (χ2v) is 5.76. The Morgan fingerprint density at radius 3 is 2.76 bits per heavy atom. The number of nitrogens with one attached hydrogen (secondary N) is 3. The lowest BCUT2D eigenvalue weighted by molar-refractivity contribution is -0.990. The maximum atomic E-state index is 11.7. The van der Waals surface area contributed by atoms with Crippen LogP contribution < -0.4 is 20.6 Å². The van der Waals surface area contributed by atoms with Gasteiger partial charge >= 0.3 is 0 Å². The average Bonchev–Trinajstić information content (AvgIpc) is 2.63. The van der Waals surface area contributed by atoms with Crippen molar-refractivity contribution >= 4 is 33.2 Å². The Balaban J connectivity index is 2.24. The van der Waals surface area contributed by atoms with Crippen LogP contribution in [0.15, 0.2) is 36.4 Å². The fourth-order valence-electron chi connectivity index (χ4n) is 2.94. The van der Waals surface area contributed by atoms with E-state index in [-0.39, 0.29) is 5.69 Å². The molecule has 0 radical (unpaired) electrons. The number of pyridine rings is 1. The Hall–Kier alpha value is -2.45. The van der Waals surface area contributed by atoms with Crippen LogP contribution >= 0.6 is 0 Å². The smallest absolute Gasteiger partial charge is 0.175 e. The molecule has 0 spiro atoms. The topological polar surface area (TPSA) is 93.9 Å². The summed E-state index contributed by atoms with van der Waals surface area (Å²) >= 11 is 0. The molecule has 2 aromatic carbocycles. The molecule has 0 aliphatic heterocycles. The minimum Gasteiger partial charge on any atom is -0.595 e. The minimum absolute atomic E-state index is 0.242. The van der Waals surface area contributed by atoms with E-state index in [0.717, 1.165) is 36.1 Å². The van der Waals surface area contributed by atoms with Crippen molar-refractivity contribution in [2.24, 2.45) is 0 Å². The average molecular weight is 342 g/mol. The molecule has 4 N–H and O–H groups in total. The number of ether oxygens (including phenoxy) is 1. The number of fused-ring (bicyclic) bond motifs is 2. The van der Waals surface area contributed by atoms with Gasteiger partial charge in [-0.2, -0.15) is 5.23 Å². The van der Waals surface area contributed by atoms with Crippen molar-refractivity contribution in [3.05, 3.63) is 41.6 Å². The van der Waals surface area contributed by atoms with Crippen LogP contribution in [0.1, 0.15) is 6.42 Å². The van der Waals surface area contributed by atoms with Gasteiger partial charge in [0.15, 0.2) is 5.69 Å². The number of hydrogen-bond donors (Lipinski definition) is 4. The van der Waals surface area contributed by atoms with E-state index in [4.69, 9.17) is 4.74 Å². The molecule has 3 rings (SSSR count).